The van der Waals surface area contributed by atoms with Crippen LogP contribution in [0.25, 0.3) is 22.3 Å². The lowest BCUT2D eigenvalue weighted by atomic mass is 10.1. The van der Waals surface area contributed by atoms with Crippen LogP contribution in [-0.2, 0) is 11.2 Å². The molecule has 0 spiro atoms. The molecule has 28 heavy (non-hydrogen) atoms. The maximum absolute atomic E-state index is 13.5. The third-order valence-corrected chi connectivity index (χ3v) is 5.25. The standard InChI is InChI=1S/C19H14ClFN4O2S/c1-27-12-3-2-10(15(20)6-12)4-17(26)25-19-24-16(9-28-19)14-8-23-18-13(14)5-11(21)7-22-18/h2-3,5-9H,4H2,1H3,(H,22,23)(H,24,25,26). The predicted octanol–water partition coefficient (Wildman–Crippen LogP) is 4.67. The smallest absolute Gasteiger partial charge is 0.230 e. The van der Waals surface area contributed by atoms with Gasteiger partial charge in [0.15, 0.2) is 5.13 Å². The molecule has 1 aromatic carbocycles. The lowest BCUT2D eigenvalue weighted by Gasteiger charge is -2.06. The maximum Gasteiger partial charge on any atom is 0.230 e. The highest BCUT2D eigenvalue weighted by Crippen LogP contribution is 2.31. The Balaban J connectivity index is 1.50. The number of benzene rings is 1. The van der Waals surface area contributed by atoms with Crippen LogP contribution in [0.2, 0.25) is 5.02 Å². The van der Waals surface area contributed by atoms with Gasteiger partial charge in [-0.05, 0) is 23.8 Å². The number of fused-ring (bicyclic) bond motifs is 1. The highest BCUT2D eigenvalue weighted by molar-refractivity contribution is 7.14. The van der Waals surface area contributed by atoms with E-state index in [1.165, 1.54) is 17.4 Å². The molecule has 0 aliphatic rings. The Hall–Kier alpha value is -2.97. The summed E-state index contributed by atoms with van der Waals surface area (Å²) in [4.78, 5) is 23.8. The monoisotopic (exact) mass is 416 g/mol. The van der Waals surface area contributed by atoms with E-state index >= 15 is 0 Å². The van der Waals surface area contributed by atoms with Crippen molar-refractivity contribution in [1.29, 1.82) is 0 Å². The fourth-order valence-corrected chi connectivity index (χ4v) is 3.74. The molecule has 0 bridgehead atoms. The van der Waals surface area contributed by atoms with E-state index in [1.807, 2.05) is 0 Å². The molecule has 0 aliphatic carbocycles. The number of rotatable bonds is 5. The van der Waals surface area contributed by atoms with Crippen molar-refractivity contribution in [3.05, 3.63) is 58.4 Å². The number of H-pyrrole nitrogens is 1. The highest BCUT2D eigenvalue weighted by atomic mass is 35.5. The van der Waals surface area contributed by atoms with Gasteiger partial charge in [0.1, 0.15) is 17.2 Å². The first-order chi connectivity index (χ1) is 13.5. The average molecular weight is 417 g/mol. The first kappa shape index (κ1) is 18.4. The van der Waals surface area contributed by atoms with Crippen LogP contribution in [-0.4, -0.2) is 28.0 Å². The number of aromatic amines is 1. The summed E-state index contributed by atoms with van der Waals surface area (Å²) >= 11 is 7.47. The minimum Gasteiger partial charge on any atom is -0.497 e. The number of nitrogens with zero attached hydrogens (tertiary/aromatic N) is 2. The molecule has 2 N–H and O–H groups in total. The van der Waals surface area contributed by atoms with Crippen LogP contribution in [0.3, 0.4) is 0 Å². The number of thiazole rings is 1. The van der Waals surface area contributed by atoms with Crippen molar-refractivity contribution in [1.82, 2.24) is 15.0 Å². The largest absolute Gasteiger partial charge is 0.497 e. The van der Waals surface area contributed by atoms with E-state index in [9.17, 15) is 9.18 Å². The first-order valence-electron chi connectivity index (χ1n) is 8.24. The molecule has 4 rings (SSSR count). The van der Waals surface area contributed by atoms with Crippen LogP contribution in [0.1, 0.15) is 5.56 Å². The quantitative estimate of drug-likeness (QED) is 0.495. The van der Waals surface area contributed by atoms with Crippen molar-refractivity contribution in [2.75, 3.05) is 12.4 Å². The number of anilines is 1. The van der Waals surface area contributed by atoms with Crippen LogP contribution in [0.5, 0.6) is 5.75 Å². The number of hydrogen-bond acceptors (Lipinski definition) is 5. The van der Waals surface area contributed by atoms with Gasteiger partial charge < -0.3 is 15.0 Å². The van der Waals surface area contributed by atoms with E-state index in [2.05, 4.69) is 20.3 Å². The van der Waals surface area contributed by atoms with Gasteiger partial charge in [-0.2, -0.15) is 0 Å². The molecule has 0 aliphatic heterocycles. The third kappa shape index (κ3) is 3.69. The minimum atomic E-state index is -0.423. The van der Waals surface area contributed by atoms with Crippen molar-refractivity contribution in [3.8, 4) is 17.0 Å². The molecule has 0 unspecified atom stereocenters. The number of ether oxygens (including phenoxy) is 1. The van der Waals surface area contributed by atoms with Crippen LogP contribution in [0, 0.1) is 5.82 Å². The Morgan fingerprint density at radius 1 is 1.39 bits per heavy atom. The molecule has 0 radical (unpaired) electrons. The fraction of sp³-hybridized carbons (Fsp3) is 0.105. The minimum absolute atomic E-state index is 0.111. The summed E-state index contributed by atoms with van der Waals surface area (Å²) in [6.07, 6.45) is 2.98. The van der Waals surface area contributed by atoms with Gasteiger partial charge in [0, 0.05) is 27.5 Å². The van der Waals surface area contributed by atoms with Gasteiger partial charge in [-0.1, -0.05) is 17.7 Å². The summed E-state index contributed by atoms with van der Waals surface area (Å²) in [7, 11) is 1.55. The molecule has 0 saturated heterocycles. The van der Waals surface area contributed by atoms with E-state index in [4.69, 9.17) is 16.3 Å². The van der Waals surface area contributed by atoms with Gasteiger partial charge in [-0.25, -0.2) is 14.4 Å². The van der Waals surface area contributed by atoms with Crippen molar-refractivity contribution >= 4 is 45.0 Å². The second kappa shape index (κ2) is 7.57. The zero-order valence-electron chi connectivity index (χ0n) is 14.6. The van der Waals surface area contributed by atoms with Crippen LogP contribution < -0.4 is 10.1 Å². The van der Waals surface area contributed by atoms with E-state index in [1.54, 1.807) is 36.9 Å². The first-order valence-corrected chi connectivity index (χ1v) is 9.50. The number of methoxy groups -OCH3 is 1. The number of nitrogens with one attached hydrogen (secondary N) is 2. The van der Waals surface area contributed by atoms with Gasteiger partial charge in [0.2, 0.25) is 5.91 Å². The molecule has 142 valence electrons. The van der Waals surface area contributed by atoms with Gasteiger partial charge in [0.25, 0.3) is 0 Å². The molecular weight excluding hydrogens is 403 g/mol. The normalized spacial score (nSPS) is 11.0. The van der Waals surface area contributed by atoms with Crippen LogP contribution >= 0.6 is 22.9 Å². The molecule has 3 aromatic heterocycles. The van der Waals surface area contributed by atoms with Crippen LogP contribution in [0.15, 0.2) is 42.0 Å². The molecule has 0 fully saturated rings. The topological polar surface area (TPSA) is 79.9 Å². The van der Waals surface area contributed by atoms with Gasteiger partial charge in [-0.3, -0.25) is 4.79 Å². The molecule has 3 heterocycles. The zero-order chi connectivity index (χ0) is 19.7. The number of hydrogen-bond donors (Lipinski definition) is 2. The summed E-state index contributed by atoms with van der Waals surface area (Å²) < 4.78 is 18.6. The van der Waals surface area contributed by atoms with E-state index in [-0.39, 0.29) is 12.3 Å². The van der Waals surface area contributed by atoms with E-state index < -0.39 is 5.82 Å². The number of carbonyl (C=O) groups is 1. The summed E-state index contributed by atoms with van der Waals surface area (Å²) in [6, 6.07) is 6.56. The molecule has 6 nitrogen and oxygen atoms in total. The molecule has 9 heteroatoms. The SMILES string of the molecule is COc1ccc(CC(=O)Nc2nc(-c3c[nH]c4ncc(F)cc34)cs2)c(Cl)c1. The Morgan fingerprint density at radius 2 is 2.25 bits per heavy atom. The van der Waals surface area contributed by atoms with Crippen molar-refractivity contribution in [2.24, 2.45) is 0 Å². The van der Waals surface area contributed by atoms with Gasteiger partial charge in [-0.15, -0.1) is 11.3 Å². The molecular formula is C19H14ClFN4O2S. The summed E-state index contributed by atoms with van der Waals surface area (Å²) in [5, 5.41) is 6.10. The second-order valence-corrected chi connectivity index (χ2v) is 7.24. The Labute approximate surface area is 168 Å². The number of pyridine rings is 1. The fourth-order valence-electron chi connectivity index (χ4n) is 2.78. The van der Waals surface area contributed by atoms with E-state index in [0.717, 1.165) is 11.8 Å². The number of carbonyl (C=O) groups excluding carboxylic acids is 1. The van der Waals surface area contributed by atoms with E-state index in [0.29, 0.717) is 38.2 Å². The molecule has 0 atom stereocenters. The zero-order valence-corrected chi connectivity index (χ0v) is 16.2. The van der Waals surface area contributed by atoms with Crippen molar-refractivity contribution in [2.45, 2.75) is 6.42 Å². The number of halogens is 2. The van der Waals surface area contributed by atoms with Crippen molar-refractivity contribution in [3.63, 3.8) is 0 Å². The molecule has 4 aromatic rings. The van der Waals surface area contributed by atoms with Crippen molar-refractivity contribution < 1.29 is 13.9 Å². The maximum atomic E-state index is 13.5. The number of amides is 1. The lowest BCUT2D eigenvalue weighted by Crippen LogP contribution is -2.14. The summed E-state index contributed by atoms with van der Waals surface area (Å²) in [6.45, 7) is 0. The molecule has 0 saturated carbocycles. The Bertz CT molecular complexity index is 1170. The van der Waals surface area contributed by atoms with Gasteiger partial charge in [0.05, 0.1) is 25.4 Å². The second-order valence-electron chi connectivity index (χ2n) is 5.97. The predicted molar refractivity (Wildman–Crippen MR) is 107 cm³/mol. The Kier molecular flexibility index (Phi) is 4.97. The highest BCUT2D eigenvalue weighted by Gasteiger charge is 2.14. The summed E-state index contributed by atoms with van der Waals surface area (Å²) in [5.74, 6) is -0.0311. The number of aromatic nitrogens is 3. The average Bonchev–Trinajstić information content (AvgIpc) is 3.29. The van der Waals surface area contributed by atoms with Crippen LogP contribution in [0.4, 0.5) is 9.52 Å². The third-order valence-electron chi connectivity index (χ3n) is 4.14. The molecule has 1 amide bonds. The van der Waals surface area contributed by atoms with Gasteiger partial charge >= 0.3 is 0 Å². The Morgan fingerprint density at radius 3 is 3.04 bits per heavy atom. The summed E-state index contributed by atoms with van der Waals surface area (Å²) in [5.41, 5.74) is 2.61. The lowest BCUT2D eigenvalue weighted by molar-refractivity contribution is -0.115.